The number of hydrogen-bond donors (Lipinski definition) is 1. The molecule has 0 saturated carbocycles. The monoisotopic (exact) mass is 356 g/mol. The van der Waals surface area contributed by atoms with Crippen LogP contribution in [-0.4, -0.2) is 10.5 Å². The topological polar surface area (TPSA) is 34.0 Å². The van der Waals surface area contributed by atoms with Gasteiger partial charge in [0, 0.05) is 30.2 Å². The zero-order chi connectivity index (χ0) is 19.2. The lowest BCUT2D eigenvalue weighted by atomic mass is 9.86. The number of carbonyl (C=O) groups is 1. The van der Waals surface area contributed by atoms with Crippen LogP contribution in [0.1, 0.15) is 37.6 Å². The van der Waals surface area contributed by atoms with Crippen LogP contribution >= 0.6 is 0 Å². The summed E-state index contributed by atoms with van der Waals surface area (Å²) in [6, 6.07) is 18.8. The van der Waals surface area contributed by atoms with Gasteiger partial charge in [-0.15, -0.1) is 0 Å². The predicted octanol–water partition coefficient (Wildman–Crippen LogP) is 5.48. The normalized spacial score (nSPS) is 15.1. The molecule has 3 nitrogen and oxygen atoms in total. The number of anilines is 1. The zero-order valence-corrected chi connectivity index (χ0v) is 16.2. The Morgan fingerprint density at radius 2 is 1.67 bits per heavy atom. The maximum atomic E-state index is 12.5. The molecule has 1 amide bonds. The van der Waals surface area contributed by atoms with Gasteiger partial charge in [-0.25, -0.2) is 0 Å². The van der Waals surface area contributed by atoms with E-state index in [4.69, 9.17) is 0 Å². The van der Waals surface area contributed by atoms with Crippen molar-refractivity contribution in [2.24, 2.45) is 7.05 Å². The van der Waals surface area contributed by atoms with Gasteiger partial charge in [-0.2, -0.15) is 0 Å². The van der Waals surface area contributed by atoms with Crippen LogP contribution in [0.25, 0.3) is 22.8 Å². The van der Waals surface area contributed by atoms with Crippen LogP contribution in [0, 0.1) is 0 Å². The average Bonchev–Trinajstić information content (AvgIpc) is 3.17. The third kappa shape index (κ3) is 3.21. The number of nitrogens with one attached hydrogen (secondary N) is 1. The Bertz CT molecular complexity index is 1050. The molecule has 0 radical (unpaired) electrons. The van der Waals surface area contributed by atoms with Crippen molar-refractivity contribution in [3.63, 3.8) is 0 Å². The molecule has 3 heteroatoms. The number of hydrogen-bond acceptors (Lipinski definition) is 1. The first-order chi connectivity index (χ1) is 12.8. The second-order valence-corrected chi connectivity index (χ2v) is 8.14. The summed E-state index contributed by atoms with van der Waals surface area (Å²) in [6.45, 7) is 6.65. The maximum Gasteiger partial charge on any atom is 0.256 e. The molecule has 0 fully saturated rings. The standard InChI is InChI=1S/C24H24N2O/c1-24(2,3)18-10-7-16(8-11-18)17-9-12-22-20(14-17)21(23(27)25-22)15-19-6-5-13-26(19)4/h5-15H,1-4H3,(H,25,27). The van der Waals surface area contributed by atoms with Crippen LogP contribution in [0.4, 0.5) is 5.69 Å². The van der Waals surface area contributed by atoms with Crippen molar-refractivity contribution in [2.75, 3.05) is 5.32 Å². The second kappa shape index (κ2) is 6.27. The lowest BCUT2D eigenvalue weighted by Crippen LogP contribution is -2.10. The highest BCUT2D eigenvalue weighted by atomic mass is 16.2. The van der Waals surface area contributed by atoms with Gasteiger partial charge in [-0.3, -0.25) is 4.79 Å². The van der Waals surface area contributed by atoms with E-state index < -0.39 is 0 Å². The van der Waals surface area contributed by atoms with Crippen molar-refractivity contribution in [1.29, 1.82) is 0 Å². The minimum Gasteiger partial charge on any atom is -0.351 e. The minimum absolute atomic E-state index is 0.0496. The van der Waals surface area contributed by atoms with E-state index in [-0.39, 0.29) is 11.3 Å². The summed E-state index contributed by atoms with van der Waals surface area (Å²) in [5.74, 6) is -0.0496. The van der Waals surface area contributed by atoms with Crippen LogP contribution in [0.5, 0.6) is 0 Å². The highest BCUT2D eigenvalue weighted by molar-refractivity contribution is 6.35. The molecule has 3 aromatic rings. The van der Waals surface area contributed by atoms with E-state index in [0.29, 0.717) is 5.57 Å². The largest absolute Gasteiger partial charge is 0.351 e. The fraction of sp³-hybridized carbons (Fsp3) is 0.208. The van der Waals surface area contributed by atoms with Crippen molar-refractivity contribution >= 4 is 23.2 Å². The molecule has 0 aliphatic carbocycles. The van der Waals surface area contributed by atoms with Crippen LogP contribution in [0.15, 0.2) is 60.8 Å². The molecule has 1 N–H and O–H groups in total. The number of rotatable bonds is 2. The first-order valence-corrected chi connectivity index (χ1v) is 9.23. The molecule has 4 rings (SSSR count). The first kappa shape index (κ1) is 17.3. The number of carbonyl (C=O) groups excluding carboxylic acids is 1. The fourth-order valence-electron chi connectivity index (χ4n) is 3.45. The molecule has 1 aliphatic rings. The van der Waals surface area contributed by atoms with Gasteiger partial charge < -0.3 is 9.88 Å². The van der Waals surface area contributed by atoms with E-state index in [1.807, 2.05) is 42.1 Å². The van der Waals surface area contributed by atoms with E-state index in [1.54, 1.807) is 0 Å². The lowest BCUT2D eigenvalue weighted by Gasteiger charge is -2.19. The van der Waals surface area contributed by atoms with Gasteiger partial charge in [0.1, 0.15) is 0 Å². The van der Waals surface area contributed by atoms with Gasteiger partial charge in [0.05, 0.1) is 5.57 Å². The van der Waals surface area contributed by atoms with Crippen molar-refractivity contribution < 1.29 is 4.79 Å². The lowest BCUT2D eigenvalue weighted by molar-refractivity contribution is -0.110. The van der Waals surface area contributed by atoms with E-state index in [1.165, 1.54) is 5.56 Å². The van der Waals surface area contributed by atoms with E-state index in [2.05, 4.69) is 62.5 Å². The summed E-state index contributed by atoms with van der Waals surface area (Å²) < 4.78 is 2.01. The highest BCUT2D eigenvalue weighted by Crippen LogP contribution is 2.36. The van der Waals surface area contributed by atoms with Gasteiger partial charge in [0.15, 0.2) is 0 Å². The third-order valence-electron chi connectivity index (χ3n) is 5.16. The first-order valence-electron chi connectivity index (χ1n) is 9.23. The number of amides is 1. The highest BCUT2D eigenvalue weighted by Gasteiger charge is 2.25. The van der Waals surface area contributed by atoms with Crippen LogP contribution in [0.2, 0.25) is 0 Å². The van der Waals surface area contributed by atoms with Gasteiger partial charge in [0.2, 0.25) is 0 Å². The van der Waals surface area contributed by atoms with Gasteiger partial charge >= 0.3 is 0 Å². The summed E-state index contributed by atoms with van der Waals surface area (Å²) in [5, 5.41) is 2.97. The SMILES string of the molecule is Cn1cccc1C=C1C(=O)Nc2ccc(-c3ccc(C(C)(C)C)cc3)cc21. The number of benzene rings is 2. The molecule has 0 bridgehead atoms. The Hall–Kier alpha value is -3.07. The summed E-state index contributed by atoms with van der Waals surface area (Å²) in [5.41, 5.74) is 7.26. The molecule has 1 aliphatic heterocycles. The third-order valence-corrected chi connectivity index (χ3v) is 5.16. The average molecular weight is 356 g/mol. The molecule has 136 valence electrons. The van der Waals surface area contributed by atoms with Crippen molar-refractivity contribution in [3.8, 4) is 11.1 Å². The Morgan fingerprint density at radius 3 is 2.30 bits per heavy atom. The van der Waals surface area contributed by atoms with Gasteiger partial charge in [-0.05, 0) is 52.4 Å². The summed E-state index contributed by atoms with van der Waals surface area (Å²) in [4.78, 5) is 12.5. The Labute approximate surface area is 160 Å². The van der Waals surface area contributed by atoms with Crippen molar-refractivity contribution in [2.45, 2.75) is 26.2 Å². The molecule has 2 aromatic carbocycles. The van der Waals surface area contributed by atoms with E-state index >= 15 is 0 Å². The maximum absolute atomic E-state index is 12.5. The molecule has 2 heterocycles. The van der Waals surface area contributed by atoms with Gasteiger partial charge in [-0.1, -0.05) is 51.1 Å². The van der Waals surface area contributed by atoms with Crippen molar-refractivity contribution in [1.82, 2.24) is 4.57 Å². The molecular weight excluding hydrogens is 332 g/mol. The smallest absolute Gasteiger partial charge is 0.256 e. The summed E-state index contributed by atoms with van der Waals surface area (Å²) in [7, 11) is 1.98. The Morgan fingerprint density at radius 1 is 0.963 bits per heavy atom. The van der Waals surface area contributed by atoms with E-state index in [0.717, 1.165) is 28.1 Å². The number of fused-ring (bicyclic) bond motifs is 1. The predicted molar refractivity (Wildman–Crippen MR) is 112 cm³/mol. The van der Waals surface area contributed by atoms with E-state index in [9.17, 15) is 4.79 Å². The molecule has 27 heavy (non-hydrogen) atoms. The quantitative estimate of drug-likeness (QED) is 0.606. The summed E-state index contributed by atoms with van der Waals surface area (Å²) in [6.07, 6.45) is 3.93. The van der Waals surface area contributed by atoms with Gasteiger partial charge in [0.25, 0.3) is 5.91 Å². The molecule has 1 aromatic heterocycles. The second-order valence-electron chi connectivity index (χ2n) is 8.14. The molecular formula is C24H24N2O. The van der Waals surface area contributed by atoms with Crippen LogP contribution in [0.3, 0.4) is 0 Å². The molecule has 0 spiro atoms. The molecule has 0 saturated heterocycles. The van der Waals surface area contributed by atoms with Crippen molar-refractivity contribution in [3.05, 3.63) is 77.6 Å². The Balaban J connectivity index is 1.75. The number of aromatic nitrogens is 1. The summed E-state index contributed by atoms with van der Waals surface area (Å²) >= 11 is 0. The molecule has 0 unspecified atom stereocenters. The van der Waals surface area contributed by atoms with Crippen LogP contribution < -0.4 is 5.32 Å². The number of aryl methyl sites for hydroxylation is 1. The zero-order valence-electron chi connectivity index (χ0n) is 16.2. The Kier molecular flexibility index (Phi) is 4.03. The van der Waals surface area contributed by atoms with Crippen LogP contribution in [-0.2, 0) is 17.3 Å². The fourth-order valence-corrected chi connectivity index (χ4v) is 3.45. The molecule has 0 atom stereocenters. The minimum atomic E-state index is -0.0496. The number of nitrogens with zero attached hydrogens (tertiary/aromatic N) is 1.